The van der Waals surface area contributed by atoms with E-state index in [-0.39, 0.29) is 0 Å². The first-order valence-electron chi connectivity index (χ1n) is 6.90. The minimum absolute atomic E-state index is 0.505. The molecule has 1 aliphatic rings. The van der Waals surface area contributed by atoms with E-state index in [1.165, 1.54) is 30.5 Å². The summed E-state index contributed by atoms with van der Waals surface area (Å²) in [6.45, 7) is 0.558. The molecule has 0 spiro atoms. The summed E-state index contributed by atoms with van der Waals surface area (Å²) in [5.41, 5.74) is 2.50. The monoisotopic (exact) mass is 286 g/mol. The summed E-state index contributed by atoms with van der Waals surface area (Å²) in [6, 6.07) is 12.2. The van der Waals surface area contributed by atoms with Crippen molar-refractivity contribution in [2.75, 3.05) is 5.32 Å². The standard InChI is InChI=1S/C16H15FN2O2/c17-15-9-14(7-8-16(15)19(20)21)18-10-11-1-3-12(4-2-11)13-5-6-13/h1-4,7-9,13,18H,5-6,10H2. The van der Waals surface area contributed by atoms with Crippen LogP contribution in [0.2, 0.25) is 0 Å². The first-order valence-corrected chi connectivity index (χ1v) is 6.90. The normalized spacial score (nSPS) is 14.0. The SMILES string of the molecule is O=[N+]([O-])c1ccc(NCc2ccc(C3CC3)cc2)cc1F. The van der Waals surface area contributed by atoms with Crippen molar-refractivity contribution in [2.45, 2.75) is 25.3 Å². The van der Waals surface area contributed by atoms with Crippen LogP contribution < -0.4 is 5.32 Å². The summed E-state index contributed by atoms with van der Waals surface area (Å²) in [7, 11) is 0. The fourth-order valence-corrected chi connectivity index (χ4v) is 2.29. The van der Waals surface area contributed by atoms with Gasteiger partial charge < -0.3 is 5.32 Å². The third kappa shape index (κ3) is 3.18. The predicted molar refractivity (Wildman–Crippen MR) is 78.8 cm³/mol. The highest BCUT2D eigenvalue weighted by Crippen LogP contribution is 2.39. The fraction of sp³-hybridized carbons (Fsp3) is 0.250. The molecule has 108 valence electrons. The second-order valence-corrected chi connectivity index (χ2v) is 5.29. The largest absolute Gasteiger partial charge is 0.381 e. The second-order valence-electron chi connectivity index (χ2n) is 5.29. The number of halogens is 1. The van der Waals surface area contributed by atoms with E-state index < -0.39 is 16.4 Å². The van der Waals surface area contributed by atoms with Gasteiger partial charge in [-0.1, -0.05) is 24.3 Å². The first-order chi connectivity index (χ1) is 10.1. The van der Waals surface area contributed by atoms with Gasteiger partial charge in [-0.05, 0) is 36.0 Å². The van der Waals surface area contributed by atoms with Crippen molar-refractivity contribution in [1.82, 2.24) is 0 Å². The maximum absolute atomic E-state index is 13.5. The summed E-state index contributed by atoms with van der Waals surface area (Å²) in [4.78, 5) is 9.82. The quantitative estimate of drug-likeness (QED) is 0.661. The molecule has 0 radical (unpaired) electrons. The lowest BCUT2D eigenvalue weighted by Crippen LogP contribution is -2.01. The van der Waals surface area contributed by atoms with Gasteiger partial charge in [0.1, 0.15) is 0 Å². The lowest BCUT2D eigenvalue weighted by atomic mass is 10.1. The highest BCUT2D eigenvalue weighted by molar-refractivity contribution is 5.50. The molecule has 0 aromatic heterocycles. The predicted octanol–water partition coefficient (Wildman–Crippen LogP) is 4.22. The third-order valence-corrected chi connectivity index (χ3v) is 3.67. The first kappa shape index (κ1) is 13.5. The minimum Gasteiger partial charge on any atom is -0.381 e. The maximum Gasteiger partial charge on any atom is 0.304 e. The lowest BCUT2D eigenvalue weighted by molar-refractivity contribution is -0.387. The van der Waals surface area contributed by atoms with Gasteiger partial charge >= 0.3 is 5.69 Å². The zero-order valence-corrected chi connectivity index (χ0v) is 11.4. The van der Waals surface area contributed by atoms with Gasteiger partial charge in [-0.25, -0.2) is 0 Å². The Bertz CT molecular complexity index is 666. The van der Waals surface area contributed by atoms with E-state index in [4.69, 9.17) is 0 Å². The van der Waals surface area contributed by atoms with Gasteiger partial charge in [0, 0.05) is 24.4 Å². The molecule has 0 bridgehead atoms. The Morgan fingerprint density at radius 3 is 2.48 bits per heavy atom. The van der Waals surface area contributed by atoms with Gasteiger partial charge in [-0.3, -0.25) is 10.1 Å². The number of nitrogens with zero attached hydrogens (tertiary/aromatic N) is 1. The Morgan fingerprint density at radius 1 is 1.19 bits per heavy atom. The minimum atomic E-state index is -0.825. The highest BCUT2D eigenvalue weighted by atomic mass is 19.1. The van der Waals surface area contributed by atoms with Crippen molar-refractivity contribution in [3.8, 4) is 0 Å². The molecule has 2 aromatic rings. The number of nitro groups is 1. The van der Waals surface area contributed by atoms with Crippen molar-refractivity contribution in [3.05, 3.63) is 69.5 Å². The zero-order valence-electron chi connectivity index (χ0n) is 11.4. The number of hydrogen-bond donors (Lipinski definition) is 1. The van der Waals surface area contributed by atoms with E-state index in [0.29, 0.717) is 12.2 Å². The lowest BCUT2D eigenvalue weighted by Gasteiger charge is -2.07. The Hall–Kier alpha value is -2.43. The maximum atomic E-state index is 13.5. The van der Waals surface area contributed by atoms with Crippen molar-refractivity contribution in [3.63, 3.8) is 0 Å². The van der Waals surface area contributed by atoms with Crippen LogP contribution in [0.5, 0.6) is 0 Å². The molecule has 0 amide bonds. The van der Waals surface area contributed by atoms with E-state index in [1.807, 2.05) is 0 Å². The summed E-state index contributed by atoms with van der Waals surface area (Å²) in [6.07, 6.45) is 2.55. The molecule has 1 saturated carbocycles. The van der Waals surface area contributed by atoms with Crippen LogP contribution >= 0.6 is 0 Å². The number of nitro benzene ring substituents is 1. The van der Waals surface area contributed by atoms with Crippen LogP contribution in [0, 0.1) is 15.9 Å². The molecule has 21 heavy (non-hydrogen) atoms. The molecule has 3 rings (SSSR count). The van der Waals surface area contributed by atoms with E-state index in [9.17, 15) is 14.5 Å². The van der Waals surface area contributed by atoms with Crippen LogP contribution in [0.15, 0.2) is 42.5 Å². The van der Waals surface area contributed by atoms with Gasteiger partial charge in [0.2, 0.25) is 5.82 Å². The van der Waals surface area contributed by atoms with Gasteiger partial charge in [-0.15, -0.1) is 0 Å². The van der Waals surface area contributed by atoms with E-state index in [2.05, 4.69) is 29.6 Å². The Kier molecular flexibility index (Phi) is 3.56. The number of anilines is 1. The van der Waals surface area contributed by atoms with Crippen molar-refractivity contribution in [2.24, 2.45) is 0 Å². The molecule has 4 nitrogen and oxygen atoms in total. The number of nitrogens with one attached hydrogen (secondary N) is 1. The molecule has 1 N–H and O–H groups in total. The number of rotatable bonds is 5. The molecule has 2 aromatic carbocycles. The Balaban J connectivity index is 1.64. The summed E-state index contributed by atoms with van der Waals surface area (Å²) in [5, 5.41) is 13.6. The van der Waals surface area contributed by atoms with Gasteiger partial charge in [0.05, 0.1) is 4.92 Å². The number of hydrogen-bond acceptors (Lipinski definition) is 3. The molecular weight excluding hydrogens is 271 g/mol. The summed E-state index contributed by atoms with van der Waals surface area (Å²) >= 11 is 0. The molecule has 0 aliphatic heterocycles. The molecule has 0 atom stereocenters. The fourth-order valence-electron chi connectivity index (χ4n) is 2.29. The van der Waals surface area contributed by atoms with Crippen LogP contribution in [0.1, 0.15) is 29.9 Å². The van der Waals surface area contributed by atoms with Crippen molar-refractivity contribution < 1.29 is 9.31 Å². The van der Waals surface area contributed by atoms with E-state index in [0.717, 1.165) is 17.5 Å². The van der Waals surface area contributed by atoms with Crippen LogP contribution in [-0.2, 0) is 6.54 Å². The molecule has 1 aliphatic carbocycles. The number of benzene rings is 2. The van der Waals surface area contributed by atoms with E-state index >= 15 is 0 Å². The third-order valence-electron chi connectivity index (χ3n) is 3.67. The van der Waals surface area contributed by atoms with Gasteiger partial charge in [-0.2, -0.15) is 4.39 Å². The van der Waals surface area contributed by atoms with Crippen molar-refractivity contribution in [1.29, 1.82) is 0 Å². The van der Waals surface area contributed by atoms with Gasteiger partial charge in [0.25, 0.3) is 0 Å². The van der Waals surface area contributed by atoms with Crippen LogP contribution in [0.3, 0.4) is 0 Å². The molecule has 0 saturated heterocycles. The topological polar surface area (TPSA) is 55.2 Å². The highest BCUT2D eigenvalue weighted by Gasteiger charge is 2.22. The van der Waals surface area contributed by atoms with Crippen molar-refractivity contribution >= 4 is 11.4 Å². The molecule has 0 heterocycles. The molecule has 1 fully saturated rings. The molecule has 0 unspecified atom stereocenters. The molecule has 5 heteroatoms. The smallest absolute Gasteiger partial charge is 0.304 e. The Labute approximate surface area is 121 Å². The second kappa shape index (κ2) is 5.52. The Morgan fingerprint density at radius 2 is 1.90 bits per heavy atom. The average Bonchev–Trinajstić information content (AvgIpc) is 3.30. The van der Waals surface area contributed by atoms with Crippen LogP contribution in [0.25, 0.3) is 0 Å². The summed E-state index contributed by atoms with van der Waals surface area (Å²) in [5.74, 6) is -0.0927. The van der Waals surface area contributed by atoms with Crippen LogP contribution in [0.4, 0.5) is 15.8 Å². The summed E-state index contributed by atoms with van der Waals surface area (Å²) < 4.78 is 13.5. The molecular formula is C16H15FN2O2. The average molecular weight is 286 g/mol. The van der Waals surface area contributed by atoms with E-state index in [1.54, 1.807) is 0 Å². The van der Waals surface area contributed by atoms with Crippen LogP contribution in [-0.4, -0.2) is 4.92 Å². The zero-order chi connectivity index (χ0) is 14.8. The van der Waals surface area contributed by atoms with Gasteiger partial charge in [0.15, 0.2) is 0 Å².